The van der Waals surface area contributed by atoms with E-state index in [0.29, 0.717) is 18.9 Å². The first-order valence-corrected chi connectivity index (χ1v) is 9.38. The van der Waals surface area contributed by atoms with Crippen molar-refractivity contribution in [1.82, 2.24) is 19.7 Å². The Balaban J connectivity index is 1.26. The van der Waals surface area contributed by atoms with Gasteiger partial charge in [0.05, 0.1) is 11.6 Å². The van der Waals surface area contributed by atoms with Gasteiger partial charge >= 0.3 is 0 Å². The highest BCUT2D eigenvalue weighted by atomic mass is 16.2. The van der Waals surface area contributed by atoms with E-state index in [4.69, 9.17) is 0 Å². The van der Waals surface area contributed by atoms with E-state index in [0.717, 1.165) is 45.0 Å². The van der Waals surface area contributed by atoms with Crippen LogP contribution in [0.25, 0.3) is 0 Å². The number of pyridine rings is 1. The first-order chi connectivity index (χ1) is 12.2. The Morgan fingerprint density at radius 2 is 1.96 bits per heavy atom. The summed E-state index contributed by atoms with van der Waals surface area (Å²) in [6, 6.07) is 5.97. The number of rotatable bonds is 5. The minimum atomic E-state index is -0.131. The number of nitrogens with zero attached hydrogens (tertiary/aromatic N) is 4. The highest BCUT2D eigenvalue weighted by Crippen LogP contribution is 2.32. The Labute approximate surface area is 148 Å². The molecule has 134 valence electrons. The quantitative estimate of drug-likeness (QED) is 0.801. The predicted molar refractivity (Wildman–Crippen MR) is 93.5 cm³/mol. The zero-order valence-corrected chi connectivity index (χ0v) is 14.6. The summed E-state index contributed by atoms with van der Waals surface area (Å²) in [4.78, 5) is 35.5. The molecule has 1 saturated carbocycles. The minimum Gasteiger partial charge on any atom is -0.342 e. The fourth-order valence-corrected chi connectivity index (χ4v) is 3.83. The van der Waals surface area contributed by atoms with Gasteiger partial charge in [0.15, 0.2) is 0 Å². The van der Waals surface area contributed by atoms with Crippen LogP contribution in [0.15, 0.2) is 24.4 Å². The third-order valence-electron chi connectivity index (χ3n) is 5.53. The lowest BCUT2D eigenvalue weighted by Crippen LogP contribution is -2.50. The van der Waals surface area contributed by atoms with E-state index in [2.05, 4.69) is 9.88 Å². The number of likely N-dealkylation sites (tertiary alicyclic amines) is 1. The van der Waals surface area contributed by atoms with Gasteiger partial charge in [0.2, 0.25) is 11.8 Å². The van der Waals surface area contributed by atoms with Crippen molar-refractivity contribution in [2.75, 3.05) is 39.3 Å². The lowest BCUT2D eigenvalue weighted by atomic mass is 10.1. The first kappa shape index (κ1) is 16.5. The molecule has 0 bridgehead atoms. The van der Waals surface area contributed by atoms with Gasteiger partial charge in [-0.1, -0.05) is 6.07 Å². The van der Waals surface area contributed by atoms with Crippen molar-refractivity contribution in [3.05, 3.63) is 30.1 Å². The number of hydrogen-bond acceptors (Lipinski definition) is 4. The number of piperazine rings is 1. The zero-order chi connectivity index (χ0) is 17.2. The Hall–Kier alpha value is -1.95. The van der Waals surface area contributed by atoms with Crippen molar-refractivity contribution < 1.29 is 9.59 Å². The highest BCUT2D eigenvalue weighted by molar-refractivity contribution is 5.89. The zero-order valence-electron chi connectivity index (χ0n) is 14.6. The lowest BCUT2D eigenvalue weighted by molar-refractivity contribution is -0.137. The average molecular weight is 342 g/mol. The fraction of sp³-hybridized carbons (Fsp3) is 0.632. The molecule has 6 nitrogen and oxygen atoms in total. The number of amides is 2. The smallest absolute Gasteiger partial charge is 0.228 e. The largest absolute Gasteiger partial charge is 0.342 e. The molecule has 0 radical (unpaired) electrons. The maximum atomic E-state index is 12.8. The molecular weight excluding hydrogens is 316 g/mol. The van der Waals surface area contributed by atoms with Crippen LogP contribution in [0.5, 0.6) is 0 Å². The van der Waals surface area contributed by atoms with Crippen LogP contribution in [0.2, 0.25) is 0 Å². The highest BCUT2D eigenvalue weighted by Gasteiger charge is 2.39. The Morgan fingerprint density at radius 3 is 2.64 bits per heavy atom. The molecule has 3 aliphatic rings. The number of hydrogen-bond donors (Lipinski definition) is 0. The molecule has 3 heterocycles. The molecule has 0 spiro atoms. The van der Waals surface area contributed by atoms with Crippen LogP contribution in [0.4, 0.5) is 0 Å². The second-order valence-electron chi connectivity index (χ2n) is 7.57. The summed E-state index contributed by atoms with van der Waals surface area (Å²) in [6.45, 7) is 5.56. The normalized spacial score (nSPS) is 24.8. The molecule has 4 rings (SSSR count). The monoisotopic (exact) mass is 342 g/mol. The Morgan fingerprint density at radius 1 is 1.16 bits per heavy atom. The molecule has 6 heteroatoms. The summed E-state index contributed by atoms with van der Waals surface area (Å²) in [5.74, 6) is 0.893. The molecule has 3 fully saturated rings. The van der Waals surface area contributed by atoms with E-state index in [-0.39, 0.29) is 17.7 Å². The van der Waals surface area contributed by atoms with Gasteiger partial charge in [0.25, 0.3) is 0 Å². The standard InChI is InChI=1S/C19H26N4O2/c24-18-11-16(13-23(18)12-15-4-5-15)19(25)22-9-7-21(8-10-22)14-17-3-1-2-6-20-17/h1-3,6,15-16H,4-5,7-14H2/t16-/m0/s1. The van der Waals surface area contributed by atoms with Crippen LogP contribution < -0.4 is 0 Å². The second kappa shape index (κ2) is 7.12. The summed E-state index contributed by atoms with van der Waals surface area (Å²) in [7, 11) is 0. The van der Waals surface area contributed by atoms with Gasteiger partial charge in [-0.2, -0.15) is 0 Å². The van der Waals surface area contributed by atoms with Crippen molar-refractivity contribution in [2.45, 2.75) is 25.8 Å². The van der Waals surface area contributed by atoms with Crippen LogP contribution in [0.3, 0.4) is 0 Å². The van der Waals surface area contributed by atoms with Crippen LogP contribution >= 0.6 is 0 Å². The van der Waals surface area contributed by atoms with Crippen molar-refractivity contribution in [2.24, 2.45) is 11.8 Å². The average Bonchev–Trinajstić information content (AvgIpc) is 3.38. The van der Waals surface area contributed by atoms with E-state index in [9.17, 15) is 9.59 Å². The third-order valence-corrected chi connectivity index (χ3v) is 5.53. The minimum absolute atomic E-state index is 0.131. The van der Waals surface area contributed by atoms with Crippen molar-refractivity contribution in [1.29, 1.82) is 0 Å². The van der Waals surface area contributed by atoms with Crippen LogP contribution in [-0.2, 0) is 16.1 Å². The second-order valence-corrected chi connectivity index (χ2v) is 7.57. The third kappa shape index (κ3) is 4.00. The maximum Gasteiger partial charge on any atom is 0.228 e. The Kier molecular flexibility index (Phi) is 4.70. The van der Waals surface area contributed by atoms with Gasteiger partial charge in [0.1, 0.15) is 0 Å². The molecule has 25 heavy (non-hydrogen) atoms. The summed E-state index contributed by atoms with van der Waals surface area (Å²) in [5.41, 5.74) is 1.07. The van der Waals surface area contributed by atoms with E-state index in [1.54, 1.807) is 0 Å². The molecule has 1 aromatic heterocycles. The Bertz CT molecular complexity index is 624. The molecule has 2 amide bonds. The predicted octanol–water partition coefficient (Wildman–Crippen LogP) is 0.984. The lowest BCUT2D eigenvalue weighted by Gasteiger charge is -2.35. The molecule has 0 unspecified atom stereocenters. The molecule has 0 N–H and O–H groups in total. The van der Waals surface area contributed by atoms with Crippen LogP contribution in [0.1, 0.15) is 25.0 Å². The molecular formula is C19H26N4O2. The molecule has 2 aliphatic heterocycles. The maximum absolute atomic E-state index is 12.8. The van der Waals surface area contributed by atoms with Crippen LogP contribution in [0, 0.1) is 11.8 Å². The SMILES string of the molecule is O=C1C[C@H](C(=O)N2CCN(Cc3ccccn3)CC2)CN1CC1CC1. The van der Waals surface area contributed by atoms with Crippen LogP contribution in [-0.4, -0.2) is 70.8 Å². The molecule has 1 aromatic rings. The molecule has 1 aliphatic carbocycles. The summed E-state index contributed by atoms with van der Waals surface area (Å²) >= 11 is 0. The van der Waals surface area contributed by atoms with Gasteiger partial charge in [-0.05, 0) is 30.9 Å². The topological polar surface area (TPSA) is 56.8 Å². The van der Waals surface area contributed by atoms with Gasteiger partial charge in [-0.15, -0.1) is 0 Å². The van der Waals surface area contributed by atoms with E-state index in [1.165, 1.54) is 12.8 Å². The first-order valence-electron chi connectivity index (χ1n) is 9.38. The summed E-state index contributed by atoms with van der Waals surface area (Å²) in [6.07, 6.45) is 4.69. The van der Waals surface area contributed by atoms with Gasteiger partial charge in [-0.25, -0.2) is 0 Å². The van der Waals surface area contributed by atoms with E-state index in [1.807, 2.05) is 34.2 Å². The number of carbonyl (C=O) groups excluding carboxylic acids is 2. The molecule has 0 aromatic carbocycles. The summed E-state index contributed by atoms with van der Waals surface area (Å²) in [5, 5.41) is 0. The number of aromatic nitrogens is 1. The van der Waals surface area contributed by atoms with Gasteiger partial charge < -0.3 is 9.80 Å². The van der Waals surface area contributed by atoms with Crippen molar-refractivity contribution >= 4 is 11.8 Å². The van der Waals surface area contributed by atoms with Crippen molar-refractivity contribution in [3.8, 4) is 0 Å². The molecule has 2 saturated heterocycles. The van der Waals surface area contributed by atoms with E-state index < -0.39 is 0 Å². The number of carbonyl (C=O) groups is 2. The fourth-order valence-electron chi connectivity index (χ4n) is 3.83. The van der Waals surface area contributed by atoms with Crippen molar-refractivity contribution in [3.63, 3.8) is 0 Å². The van der Waals surface area contributed by atoms with Gasteiger partial charge in [0, 0.05) is 58.4 Å². The summed E-state index contributed by atoms with van der Waals surface area (Å²) < 4.78 is 0. The van der Waals surface area contributed by atoms with E-state index >= 15 is 0 Å². The van der Waals surface area contributed by atoms with Gasteiger partial charge in [-0.3, -0.25) is 19.5 Å². The molecule has 1 atom stereocenters.